The van der Waals surface area contributed by atoms with E-state index in [0.29, 0.717) is 16.4 Å². The summed E-state index contributed by atoms with van der Waals surface area (Å²) in [7, 11) is 1.92. The Morgan fingerprint density at radius 3 is 2.65 bits per heavy atom. The van der Waals surface area contributed by atoms with Gasteiger partial charge in [0.25, 0.3) is 0 Å². The molecular formula is C18H21ClFN3. The van der Waals surface area contributed by atoms with Crippen LogP contribution < -0.4 is 5.32 Å². The van der Waals surface area contributed by atoms with Gasteiger partial charge in [0, 0.05) is 30.0 Å². The van der Waals surface area contributed by atoms with Gasteiger partial charge in [-0.1, -0.05) is 17.7 Å². The number of rotatable bonds is 5. The molecule has 0 saturated carbocycles. The highest BCUT2D eigenvalue weighted by Crippen LogP contribution is 2.31. The van der Waals surface area contributed by atoms with E-state index in [2.05, 4.69) is 10.3 Å². The van der Waals surface area contributed by atoms with Crippen LogP contribution in [0.15, 0.2) is 35.3 Å². The van der Waals surface area contributed by atoms with E-state index in [9.17, 15) is 4.39 Å². The first-order valence-corrected chi connectivity index (χ1v) is 7.86. The van der Waals surface area contributed by atoms with Crippen molar-refractivity contribution in [3.8, 4) is 0 Å². The average molecular weight is 334 g/mol. The lowest BCUT2D eigenvalue weighted by Crippen LogP contribution is -2.14. The Morgan fingerprint density at radius 1 is 1.22 bits per heavy atom. The quantitative estimate of drug-likeness (QED) is 0.582. The van der Waals surface area contributed by atoms with Crippen molar-refractivity contribution in [2.75, 3.05) is 18.9 Å². The second-order valence-corrected chi connectivity index (χ2v) is 5.94. The van der Waals surface area contributed by atoms with Crippen LogP contribution >= 0.6 is 11.6 Å². The summed E-state index contributed by atoms with van der Waals surface area (Å²) >= 11 is 6.04. The monoisotopic (exact) mass is 333 g/mol. The molecule has 0 aliphatic rings. The van der Waals surface area contributed by atoms with Crippen LogP contribution in [-0.4, -0.2) is 24.8 Å². The lowest BCUT2D eigenvalue weighted by atomic mass is 10.1. The maximum absolute atomic E-state index is 13.9. The van der Waals surface area contributed by atoms with Crippen LogP contribution in [0.2, 0.25) is 5.02 Å². The topological polar surface area (TPSA) is 27.6 Å². The molecular weight excluding hydrogens is 313 g/mol. The summed E-state index contributed by atoms with van der Waals surface area (Å²) < 4.78 is 13.9. The van der Waals surface area contributed by atoms with Crippen LogP contribution in [0.5, 0.6) is 0 Å². The minimum Gasteiger partial charge on any atom is -0.366 e. The van der Waals surface area contributed by atoms with Crippen LogP contribution in [0.3, 0.4) is 0 Å². The lowest BCUT2D eigenvalue weighted by Gasteiger charge is -2.15. The average Bonchev–Trinajstić information content (AvgIpc) is 2.52. The minimum absolute atomic E-state index is 0.330. The molecule has 122 valence electrons. The third-order valence-corrected chi connectivity index (χ3v) is 3.94. The molecule has 1 N–H and O–H groups in total. The maximum atomic E-state index is 13.9. The molecule has 2 rings (SSSR count). The molecule has 0 heterocycles. The molecule has 0 amide bonds. The Balaban J connectivity index is 2.37. The van der Waals surface area contributed by atoms with Gasteiger partial charge in [0.05, 0.1) is 12.0 Å². The summed E-state index contributed by atoms with van der Waals surface area (Å²) in [6.45, 7) is 6.76. The van der Waals surface area contributed by atoms with Gasteiger partial charge in [-0.15, -0.1) is 0 Å². The Kier molecular flexibility index (Phi) is 5.61. The smallest absolute Gasteiger partial charge is 0.127 e. The van der Waals surface area contributed by atoms with Crippen LogP contribution in [0.1, 0.15) is 18.1 Å². The molecule has 3 nitrogen and oxygen atoms in total. The van der Waals surface area contributed by atoms with Gasteiger partial charge in [0.15, 0.2) is 0 Å². The molecule has 0 fully saturated rings. The standard InChI is InChI=1S/C18H21ClFN3/c1-5-23(4)11-21-17-9-15(20)10-18(13(17)3)22-16-8-14(19)7-6-12(16)2/h6-11,22H,5H2,1-4H3/b21-11-. The first-order chi connectivity index (χ1) is 10.9. The number of aliphatic imine (C=N–C) groups is 1. The number of benzene rings is 2. The van der Waals surface area contributed by atoms with Gasteiger partial charge in [0.2, 0.25) is 0 Å². The van der Waals surface area contributed by atoms with Gasteiger partial charge in [-0.25, -0.2) is 9.38 Å². The zero-order chi connectivity index (χ0) is 17.0. The first-order valence-electron chi connectivity index (χ1n) is 7.48. The number of hydrogen-bond acceptors (Lipinski definition) is 2. The number of anilines is 2. The number of halogens is 2. The first kappa shape index (κ1) is 17.3. The molecule has 0 unspecified atom stereocenters. The Labute approximate surface area is 141 Å². The molecule has 0 atom stereocenters. The van der Waals surface area contributed by atoms with Crippen LogP contribution in [0.25, 0.3) is 0 Å². The van der Waals surface area contributed by atoms with E-state index < -0.39 is 0 Å². The molecule has 0 aromatic heterocycles. The van der Waals surface area contributed by atoms with Gasteiger partial charge < -0.3 is 10.2 Å². The van der Waals surface area contributed by atoms with Gasteiger partial charge >= 0.3 is 0 Å². The largest absolute Gasteiger partial charge is 0.366 e. The highest BCUT2D eigenvalue weighted by molar-refractivity contribution is 6.30. The summed E-state index contributed by atoms with van der Waals surface area (Å²) in [5.41, 5.74) is 4.06. The van der Waals surface area contributed by atoms with Crippen molar-refractivity contribution in [3.63, 3.8) is 0 Å². The zero-order valence-electron chi connectivity index (χ0n) is 13.8. The SMILES string of the molecule is CCN(C)/C=N\c1cc(F)cc(Nc2cc(Cl)ccc2C)c1C. The molecule has 23 heavy (non-hydrogen) atoms. The normalized spacial score (nSPS) is 11.0. The van der Waals surface area contributed by atoms with Crippen molar-refractivity contribution in [3.05, 3.63) is 52.3 Å². The fourth-order valence-electron chi connectivity index (χ4n) is 2.04. The minimum atomic E-state index is -0.330. The Bertz CT molecular complexity index is 728. The zero-order valence-corrected chi connectivity index (χ0v) is 14.6. The molecule has 2 aromatic carbocycles. The van der Waals surface area contributed by atoms with Crippen molar-refractivity contribution >= 4 is 35.0 Å². The van der Waals surface area contributed by atoms with Crippen LogP contribution in [0, 0.1) is 19.7 Å². The van der Waals surface area contributed by atoms with Crippen molar-refractivity contribution in [1.82, 2.24) is 4.90 Å². The van der Waals surface area contributed by atoms with Gasteiger partial charge in [-0.2, -0.15) is 0 Å². The number of nitrogens with zero attached hydrogens (tertiary/aromatic N) is 2. The summed E-state index contributed by atoms with van der Waals surface area (Å²) in [5.74, 6) is -0.330. The van der Waals surface area contributed by atoms with Crippen molar-refractivity contribution in [1.29, 1.82) is 0 Å². The Hall–Kier alpha value is -2.07. The number of hydrogen-bond donors (Lipinski definition) is 1. The molecule has 5 heteroatoms. The fourth-order valence-corrected chi connectivity index (χ4v) is 2.22. The highest BCUT2D eigenvalue weighted by Gasteiger charge is 2.09. The summed E-state index contributed by atoms with van der Waals surface area (Å²) in [4.78, 5) is 6.30. The number of aryl methyl sites for hydroxylation is 1. The third kappa shape index (κ3) is 4.45. The van der Waals surface area contributed by atoms with E-state index >= 15 is 0 Å². The molecule has 0 aliphatic carbocycles. The predicted molar refractivity (Wildman–Crippen MR) is 97.1 cm³/mol. The molecule has 0 spiro atoms. The second kappa shape index (κ2) is 7.47. The van der Waals surface area contributed by atoms with Gasteiger partial charge in [0.1, 0.15) is 5.82 Å². The fraction of sp³-hybridized carbons (Fsp3) is 0.278. The Morgan fingerprint density at radius 2 is 1.96 bits per heavy atom. The van der Waals surface area contributed by atoms with E-state index in [0.717, 1.165) is 23.4 Å². The maximum Gasteiger partial charge on any atom is 0.127 e. The van der Waals surface area contributed by atoms with Crippen molar-refractivity contribution in [2.45, 2.75) is 20.8 Å². The van der Waals surface area contributed by atoms with E-state index in [-0.39, 0.29) is 5.82 Å². The molecule has 2 aromatic rings. The highest BCUT2D eigenvalue weighted by atomic mass is 35.5. The lowest BCUT2D eigenvalue weighted by molar-refractivity contribution is 0.552. The summed E-state index contributed by atoms with van der Waals surface area (Å²) in [6.07, 6.45) is 1.70. The van der Waals surface area contributed by atoms with Crippen LogP contribution in [0.4, 0.5) is 21.5 Å². The molecule has 0 aliphatic heterocycles. The van der Waals surface area contributed by atoms with Crippen molar-refractivity contribution in [2.24, 2.45) is 4.99 Å². The van der Waals surface area contributed by atoms with E-state index in [1.807, 2.05) is 50.9 Å². The third-order valence-electron chi connectivity index (χ3n) is 3.71. The van der Waals surface area contributed by atoms with Gasteiger partial charge in [-0.3, -0.25) is 0 Å². The van der Waals surface area contributed by atoms with E-state index in [4.69, 9.17) is 11.6 Å². The molecule has 0 saturated heterocycles. The number of nitrogens with one attached hydrogen (secondary N) is 1. The van der Waals surface area contributed by atoms with E-state index in [1.54, 1.807) is 6.34 Å². The molecule has 0 radical (unpaired) electrons. The van der Waals surface area contributed by atoms with Crippen molar-refractivity contribution < 1.29 is 4.39 Å². The summed E-state index contributed by atoms with van der Waals surface area (Å²) in [5, 5.41) is 3.89. The summed E-state index contributed by atoms with van der Waals surface area (Å²) in [6, 6.07) is 8.49. The molecule has 0 bridgehead atoms. The van der Waals surface area contributed by atoms with Crippen LogP contribution in [-0.2, 0) is 0 Å². The van der Waals surface area contributed by atoms with Gasteiger partial charge in [-0.05, 0) is 56.2 Å². The second-order valence-electron chi connectivity index (χ2n) is 5.50. The predicted octanol–water partition coefficient (Wildman–Crippen LogP) is 5.45. The van der Waals surface area contributed by atoms with E-state index in [1.165, 1.54) is 12.1 Å².